The van der Waals surface area contributed by atoms with Crippen LogP contribution in [0.5, 0.6) is 0 Å². The van der Waals surface area contributed by atoms with Crippen molar-refractivity contribution < 1.29 is 107 Å². The van der Waals surface area contributed by atoms with Crippen LogP contribution in [0.1, 0.15) is 219 Å². The number of amides is 2. The van der Waals surface area contributed by atoms with E-state index in [2.05, 4.69) is 38.0 Å². The van der Waals surface area contributed by atoms with E-state index in [0.29, 0.717) is 35.3 Å². The molecular weight excluding hydrogens is 1410 g/mol. The van der Waals surface area contributed by atoms with Gasteiger partial charge in [0.1, 0.15) is 41.2 Å². The number of carbonyl (C=O) groups excluding carboxylic acids is 6. The molecule has 614 valence electrons. The number of esters is 4. The lowest BCUT2D eigenvalue weighted by Crippen LogP contribution is -2.77. The minimum absolute atomic E-state index is 0. The minimum atomic E-state index is -1.92. The number of aliphatic hydroxyl groups excluding tert-OH is 4. The average molecular weight is 1540 g/mol. The van der Waals surface area contributed by atoms with Crippen molar-refractivity contribution in [2.24, 2.45) is 68.0 Å². The zero-order valence-electron chi connectivity index (χ0n) is 68.1. The highest BCUT2D eigenvalue weighted by Crippen LogP contribution is 2.73. The molecule has 3 aliphatic heterocycles. The average Bonchev–Trinajstić information content (AvgIpc) is 1.38. The van der Waals surface area contributed by atoms with E-state index in [1.165, 1.54) is 0 Å². The summed E-state index contributed by atoms with van der Waals surface area (Å²) in [6, 6.07) is 15.2. The number of ether oxygens (including phenoxy) is 10. The van der Waals surface area contributed by atoms with Gasteiger partial charge in [-0.1, -0.05) is 139 Å². The molecule has 2 bridgehead atoms. The van der Waals surface area contributed by atoms with Gasteiger partial charge in [-0.15, -0.1) is 0 Å². The highest BCUT2D eigenvalue weighted by atomic mass is 16.7. The highest BCUT2D eigenvalue weighted by molar-refractivity contribution is 5.90. The van der Waals surface area contributed by atoms with Gasteiger partial charge < -0.3 is 88.6 Å². The van der Waals surface area contributed by atoms with E-state index < -0.39 is 188 Å². The molecule has 0 aromatic heterocycles. The third-order valence-corrected chi connectivity index (χ3v) is 26.4. The smallest absolute Gasteiger partial charge is 0.407 e. The molecule has 24 nitrogen and oxygen atoms in total. The first-order valence-corrected chi connectivity index (χ1v) is 39.1. The van der Waals surface area contributed by atoms with Crippen LogP contribution in [-0.4, -0.2) is 194 Å². The van der Waals surface area contributed by atoms with Gasteiger partial charge >= 0.3 is 36.1 Å². The third-order valence-electron chi connectivity index (χ3n) is 26.4. The molecule has 3 heterocycles. The Morgan fingerprint density at radius 3 is 1.45 bits per heavy atom. The Balaban J connectivity index is 0.000000251. The van der Waals surface area contributed by atoms with Crippen LogP contribution in [-0.2, 0) is 57.0 Å². The first-order chi connectivity index (χ1) is 50.4. The quantitative estimate of drug-likeness (QED) is 0.0390. The number of carbonyl (C=O) groups is 6. The van der Waals surface area contributed by atoms with Crippen LogP contribution < -0.4 is 10.6 Å². The van der Waals surface area contributed by atoms with Crippen molar-refractivity contribution in [3.63, 3.8) is 0 Å². The molecule has 7 fully saturated rings. The molecule has 2 amide bonds. The van der Waals surface area contributed by atoms with E-state index in [-0.39, 0.29) is 81.7 Å². The summed E-state index contributed by atoms with van der Waals surface area (Å²) >= 11 is 0. The maximum Gasteiger partial charge on any atom is 0.407 e. The summed E-state index contributed by atoms with van der Waals surface area (Å²) in [6.07, 6.45) is -11.0. The molecule has 25 atom stereocenters. The zero-order valence-corrected chi connectivity index (χ0v) is 68.1. The molecule has 11 rings (SSSR count). The molecule has 0 spiro atoms. The van der Waals surface area contributed by atoms with Gasteiger partial charge in [0.15, 0.2) is 18.5 Å². The fourth-order valence-electron chi connectivity index (χ4n) is 21.2. The number of alkyl carbamates (subject to hydrolysis) is 2. The molecule has 0 radical (unpaired) electrons. The van der Waals surface area contributed by atoms with Crippen LogP contribution in [0.2, 0.25) is 0 Å². The molecule has 110 heavy (non-hydrogen) atoms. The first kappa shape index (κ1) is 87.6. The van der Waals surface area contributed by atoms with Gasteiger partial charge in [-0.05, 0) is 141 Å². The molecular formula is C86H128N2O22. The SMILES string of the molecule is C.C=CC1O[C@H]2C[C@H]3OC[C@@]3(C)[C@H]3[C@H](OC(=O)c4ccccc4)[C@]4(C(C)(C)O)C[C@H](OC(=O)C(O)[C@H](CC(C)C)NC(=O)OC(C)(C)C)C(C)=C4[C@H](C)[C@H](O1)[C@]23C.CC1=C2[C@H](C)[C@H](O)[C@@]3(C)[C@H]([C@H](OC(=O)c4ccccc4)[C@](O)(C[C@@H]1OC(=O)C(O)[C@H](CC(C)C)NC(=O)OC(C)(C)C)C2(C)C)[C@]1(C)CO[C@@H]1C[C@@H]3O. The van der Waals surface area contributed by atoms with Crippen molar-refractivity contribution in [3.8, 4) is 0 Å². The highest BCUT2D eigenvalue weighted by Gasteiger charge is 2.79. The molecule has 2 aromatic rings. The Hall–Kier alpha value is -6.32. The summed E-state index contributed by atoms with van der Waals surface area (Å²) in [5.74, 6) is -5.49. The predicted molar refractivity (Wildman–Crippen MR) is 409 cm³/mol. The number of hydrogen-bond acceptors (Lipinski definition) is 22. The molecule has 4 saturated carbocycles. The standard InChI is InChI=1S/C44H63NO11.C41H61NO11.CH4/c1-13-31-53-30-20-29-42(11,22-51-29)34-36(55-37(47)26-17-15-14-16-18-26)44(41(9,10)50)21-28(24(4)32(44)25(5)35(54-31)43(30,34)12)52-38(48)33(46)27(19-23(2)3)45-39(49)56-40(6,7)8;1-21(2)17-25(42-36(48)53-37(5,6)7)30(44)35(47)51-26-19-41(49)33(52-34(46)24-15-13-12-14-16-24)31-39(10)20-50-28(39)18-27(43)40(31,11)32(45)23(4)29(22(26)3)38(41,8)9;/h13-18,23,25,27-31,33-36,46,50H,1,19-22H2,2-12H3,(H,45,49);12-16,21,23,25-28,30-33,43-45,49H,17-20H2,1-11H3,(H,42,48);1H4/t25-,27-,28-,29+,30-,31?,33?,34+,35-,36-,42+,43+,44-;23-,25-,26-,27-,28+,30?,31+,32-,33-,39+,40+,41+;/m00./s1. The topological polar surface area (TPSA) is 340 Å². The lowest BCUT2D eigenvalue weighted by atomic mass is 9.41. The summed E-state index contributed by atoms with van der Waals surface area (Å²) in [7, 11) is 0. The molecule has 2 aromatic carbocycles. The van der Waals surface area contributed by atoms with E-state index in [1.807, 2.05) is 68.4 Å². The van der Waals surface area contributed by atoms with E-state index in [1.54, 1.807) is 130 Å². The number of benzene rings is 2. The molecule has 3 unspecified atom stereocenters. The van der Waals surface area contributed by atoms with E-state index in [0.717, 1.165) is 5.57 Å². The van der Waals surface area contributed by atoms with Gasteiger partial charge in [0.2, 0.25) is 0 Å². The largest absolute Gasteiger partial charge is 0.457 e. The molecule has 9 aliphatic rings. The number of hydrogen-bond donors (Lipinski definition) is 8. The summed E-state index contributed by atoms with van der Waals surface area (Å²) in [4.78, 5) is 82.0. The fraction of sp³-hybridized carbons (Fsp3) is 0.721. The second-order valence-electron chi connectivity index (χ2n) is 37.7. The van der Waals surface area contributed by atoms with Gasteiger partial charge in [0, 0.05) is 76.4 Å². The van der Waals surface area contributed by atoms with Crippen molar-refractivity contribution in [2.75, 3.05) is 13.2 Å². The molecule has 6 aliphatic carbocycles. The van der Waals surface area contributed by atoms with Crippen molar-refractivity contribution in [2.45, 2.75) is 312 Å². The predicted octanol–water partition coefficient (Wildman–Crippen LogP) is 11.6. The normalized spacial score (nSPS) is 37.1. The van der Waals surface area contributed by atoms with Crippen LogP contribution >= 0.6 is 0 Å². The van der Waals surface area contributed by atoms with Crippen LogP contribution in [0.3, 0.4) is 0 Å². The maximum absolute atomic E-state index is 14.4. The van der Waals surface area contributed by atoms with Crippen molar-refractivity contribution in [3.05, 3.63) is 107 Å². The summed E-state index contributed by atoms with van der Waals surface area (Å²) in [5.41, 5.74) is -7.51. The Morgan fingerprint density at radius 2 is 1.03 bits per heavy atom. The van der Waals surface area contributed by atoms with Crippen molar-refractivity contribution >= 4 is 36.1 Å². The van der Waals surface area contributed by atoms with Gasteiger partial charge in [0.05, 0.1) is 84.1 Å². The third kappa shape index (κ3) is 15.5. The van der Waals surface area contributed by atoms with Crippen molar-refractivity contribution in [1.82, 2.24) is 10.6 Å². The van der Waals surface area contributed by atoms with Crippen LogP contribution in [0, 0.1) is 68.0 Å². The first-order valence-electron chi connectivity index (χ1n) is 39.1. The molecule has 3 saturated heterocycles. The Bertz CT molecular complexity index is 3780. The monoisotopic (exact) mass is 1540 g/mol. The lowest BCUT2D eigenvalue weighted by Gasteiger charge is -2.69. The maximum atomic E-state index is 14.4. The number of fused-ring (bicyclic) bond motifs is 8. The summed E-state index contributed by atoms with van der Waals surface area (Å²) in [6.45, 7) is 45.4. The van der Waals surface area contributed by atoms with Crippen LogP contribution in [0.25, 0.3) is 0 Å². The summed E-state index contributed by atoms with van der Waals surface area (Å²) < 4.78 is 62.2. The van der Waals surface area contributed by atoms with Crippen LogP contribution in [0.15, 0.2) is 95.6 Å². The Labute approximate surface area is 650 Å². The number of aliphatic hydroxyl groups is 6. The summed E-state index contributed by atoms with van der Waals surface area (Å²) in [5, 5.41) is 78.8. The van der Waals surface area contributed by atoms with E-state index in [4.69, 9.17) is 47.4 Å². The number of nitrogens with one attached hydrogen (secondary N) is 2. The van der Waals surface area contributed by atoms with E-state index in [9.17, 15) is 59.4 Å². The van der Waals surface area contributed by atoms with Gasteiger partial charge in [-0.3, -0.25) is 0 Å². The minimum Gasteiger partial charge on any atom is -0.457 e. The number of rotatable bonds is 18. The fourth-order valence-corrected chi connectivity index (χ4v) is 21.2. The zero-order chi connectivity index (χ0) is 81.0. The van der Waals surface area contributed by atoms with E-state index >= 15 is 0 Å². The van der Waals surface area contributed by atoms with Gasteiger partial charge in [0.25, 0.3) is 0 Å². The second-order valence-corrected chi connectivity index (χ2v) is 37.7. The molecule has 8 N–H and O–H groups in total. The molecule has 24 heteroatoms. The Kier molecular flexibility index (Phi) is 25.1. The van der Waals surface area contributed by atoms with Gasteiger partial charge in [-0.25, -0.2) is 28.8 Å². The Morgan fingerprint density at radius 1 is 0.600 bits per heavy atom. The second kappa shape index (κ2) is 31.5. The van der Waals surface area contributed by atoms with Crippen molar-refractivity contribution in [1.29, 1.82) is 0 Å². The lowest BCUT2D eigenvalue weighted by molar-refractivity contribution is -0.373. The van der Waals surface area contributed by atoms with Gasteiger partial charge in [-0.2, -0.15) is 0 Å². The van der Waals surface area contributed by atoms with Crippen LogP contribution in [0.4, 0.5) is 9.59 Å².